The molecule has 11 nitrogen and oxygen atoms in total. The molecular formula is C34H37N9O2. The first-order valence-corrected chi connectivity index (χ1v) is 16.0. The van der Waals surface area contributed by atoms with E-state index in [2.05, 4.69) is 43.1 Å². The van der Waals surface area contributed by atoms with Crippen LogP contribution in [0.15, 0.2) is 60.9 Å². The van der Waals surface area contributed by atoms with E-state index in [1.54, 1.807) is 10.9 Å². The van der Waals surface area contributed by atoms with Crippen molar-refractivity contribution < 1.29 is 9.53 Å². The van der Waals surface area contributed by atoms with E-state index in [9.17, 15) is 4.79 Å². The number of likely N-dealkylation sites (tertiary alicyclic amines) is 1. The molecule has 0 radical (unpaired) electrons. The van der Waals surface area contributed by atoms with Crippen LogP contribution in [0.3, 0.4) is 0 Å². The smallest absolute Gasteiger partial charge is 0.233 e. The van der Waals surface area contributed by atoms with Gasteiger partial charge in [0.2, 0.25) is 11.8 Å². The van der Waals surface area contributed by atoms with Crippen LogP contribution in [0.5, 0.6) is 5.88 Å². The first-order chi connectivity index (χ1) is 22.1. The SMILES string of the molecule is CCOc1ccn(-c2ccc3nc(-c4cccnc4N)n(-c4ccc5c(c4)CCC5NC4CCN(C(=O)C5CC5)CC4)c3n2)n1. The van der Waals surface area contributed by atoms with Gasteiger partial charge in [-0.2, -0.15) is 0 Å². The van der Waals surface area contributed by atoms with Crippen molar-refractivity contribution in [3.8, 4) is 28.8 Å². The lowest BCUT2D eigenvalue weighted by Crippen LogP contribution is -2.46. The molecule has 1 saturated heterocycles. The molecule has 0 bridgehead atoms. The molecule has 230 valence electrons. The first kappa shape index (κ1) is 27.8. The van der Waals surface area contributed by atoms with Gasteiger partial charge in [0.05, 0.1) is 12.2 Å². The number of aromatic nitrogens is 6. The summed E-state index contributed by atoms with van der Waals surface area (Å²) in [5, 5.41) is 8.46. The Labute approximate surface area is 261 Å². The van der Waals surface area contributed by atoms with Crippen LogP contribution in [-0.4, -0.2) is 65.8 Å². The Bertz CT molecular complexity index is 1880. The summed E-state index contributed by atoms with van der Waals surface area (Å²) in [5.74, 6) is 2.99. The molecular weight excluding hydrogens is 566 g/mol. The van der Waals surface area contributed by atoms with Crippen LogP contribution in [0.2, 0.25) is 0 Å². The lowest BCUT2D eigenvalue weighted by Gasteiger charge is -2.34. The fraction of sp³-hybridized carbons (Fsp3) is 0.382. The average molecular weight is 604 g/mol. The summed E-state index contributed by atoms with van der Waals surface area (Å²) in [6.45, 7) is 4.20. The minimum Gasteiger partial charge on any atom is -0.477 e. The molecule has 4 aromatic heterocycles. The van der Waals surface area contributed by atoms with Crippen LogP contribution in [0.1, 0.15) is 56.2 Å². The van der Waals surface area contributed by atoms with Crippen LogP contribution >= 0.6 is 0 Å². The van der Waals surface area contributed by atoms with E-state index in [1.165, 1.54) is 11.1 Å². The van der Waals surface area contributed by atoms with Gasteiger partial charge in [-0.1, -0.05) is 6.07 Å². The van der Waals surface area contributed by atoms with Crippen molar-refractivity contribution in [2.45, 2.75) is 57.5 Å². The number of piperidine rings is 1. The number of imidazole rings is 1. The molecule has 45 heavy (non-hydrogen) atoms. The summed E-state index contributed by atoms with van der Waals surface area (Å²) in [6, 6.07) is 16.9. The first-order valence-electron chi connectivity index (χ1n) is 16.0. The number of hydrogen-bond donors (Lipinski definition) is 2. The molecule has 1 saturated carbocycles. The molecule has 1 unspecified atom stereocenters. The maximum Gasteiger partial charge on any atom is 0.233 e. The molecule has 2 fully saturated rings. The quantitative estimate of drug-likeness (QED) is 0.263. The van der Waals surface area contributed by atoms with Gasteiger partial charge in [-0.05, 0) is 93.0 Å². The Morgan fingerprint density at radius 3 is 2.71 bits per heavy atom. The van der Waals surface area contributed by atoms with E-state index in [0.29, 0.717) is 59.5 Å². The number of ether oxygens (including phenoxy) is 1. The average Bonchev–Trinajstić information content (AvgIpc) is 3.50. The highest BCUT2D eigenvalue weighted by molar-refractivity contribution is 5.83. The van der Waals surface area contributed by atoms with Gasteiger partial charge in [-0.25, -0.2) is 19.6 Å². The second-order valence-corrected chi connectivity index (χ2v) is 12.3. The Balaban J connectivity index is 1.11. The molecule has 1 aliphatic heterocycles. The molecule has 5 aromatic rings. The van der Waals surface area contributed by atoms with E-state index in [1.807, 2.05) is 43.5 Å². The van der Waals surface area contributed by atoms with Crippen molar-refractivity contribution in [2.24, 2.45) is 5.92 Å². The largest absolute Gasteiger partial charge is 0.477 e. The molecule has 1 amide bonds. The lowest BCUT2D eigenvalue weighted by molar-refractivity contribution is -0.133. The number of nitrogens with one attached hydrogen (secondary N) is 1. The molecule has 1 aromatic carbocycles. The Hall–Kier alpha value is -4.77. The van der Waals surface area contributed by atoms with E-state index in [0.717, 1.165) is 68.4 Å². The summed E-state index contributed by atoms with van der Waals surface area (Å²) in [7, 11) is 0. The van der Waals surface area contributed by atoms with Gasteiger partial charge < -0.3 is 20.7 Å². The van der Waals surface area contributed by atoms with Crippen molar-refractivity contribution in [2.75, 3.05) is 25.4 Å². The normalized spacial score (nSPS) is 18.4. The highest BCUT2D eigenvalue weighted by atomic mass is 16.5. The number of carbonyl (C=O) groups excluding carboxylic acids is 1. The van der Waals surface area contributed by atoms with Gasteiger partial charge >= 0.3 is 0 Å². The number of benzene rings is 1. The summed E-state index contributed by atoms with van der Waals surface area (Å²) >= 11 is 0. The van der Waals surface area contributed by atoms with Crippen LogP contribution in [-0.2, 0) is 11.2 Å². The number of amides is 1. The molecule has 3 aliphatic rings. The van der Waals surface area contributed by atoms with E-state index < -0.39 is 0 Å². The highest BCUT2D eigenvalue weighted by Crippen LogP contribution is 2.37. The number of carbonyl (C=O) groups is 1. The summed E-state index contributed by atoms with van der Waals surface area (Å²) in [6.07, 6.45) is 9.73. The van der Waals surface area contributed by atoms with E-state index in [-0.39, 0.29) is 0 Å². The van der Waals surface area contributed by atoms with Crippen LogP contribution in [0.25, 0.3) is 34.1 Å². The topological polar surface area (TPSA) is 129 Å². The zero-order chi connectivity index (χ0) is 30.5. The number of pyridine rings is 2. The predicted octanol–water partition coefficient (Wildman–Crippen LogP) is 4.63. The third kappa shape index (κ3) is 5.20. The van der Waals surface area contributed by atoms with Crippen molar-refractivity contribution in [3.63, 3.8) is 0 Å². The summed E-state index contributed by atoms with van der Waals surface area (Å²) < 4.78 is 9.36. The molecule has 2 aliphatic carbocycles. The predicted molar refractivity (Wildman–Crippen MR) is 171 cm³/mol. The number of nitrogens with two attached hydrogens (primary N) is 1. The van der Waals surface area contributed by atoms with Crippen molar-refractivity contribution in [1.29, 1.82) is 0 Å². The van der Waals surface area contributed by atoms with E-state index >= 15 is 0 Å². The third-order valence-electron chi connectivity index (χ3n) is 9.29. The molecule has 11 heteroatoms. The van der Waals surface area contributed by atoms with Crippen LogP contribution in [0, 0.1) is 5.92 Å². The Morgan fingerprint density at radius 2 is 1.91 bits per heavy atom. The van der Waals surface area contributed by atoms with Gasteiger partial charge in [-0.3, -0.25) is 9.36 Å². The number of nitrogens with zero attached hydrogens (tertiary/aromatic N) is 7. The maximum absolute atomic E-state index is 12.5. The molecule has 1 atom stereocenters. The lowest BCUT2D eigenvalue weighted by atomic mass is 10.0. The number of hydrogen-bond acceptors (Lipinski definition) is 8. The summed E-state index contributed by atoms with van der Waals surface area (Å²) in [5.41, 5.74) is 12.2. The fourth-order valence-electron chi connectivity index (χ4n) is 6.82. The molecule has 5 heterocycles. The zero-order valence-corrected chi connectivity index (χ0v) is 25.4. The van der Waals surface area contributed by atoms with Crippen molar-refractivity contribution in [3.05, 3.63) is 72.1 Å². The van der Waals surface area contributed by atoms with Crippen molar-refractivity contribution >= 4 is 22.9 Å². The minimum atomic E-state index is 0.300. The molecule has 0 spiro atoms. The Morgan fingerprint density at radius 1 is 1.04 bits per heavy atom. The third-order valence-corrected chi connectivity index (χ3v) is 9.29. The zero-order valence-electron chi connectivity index (χ0n) is 25.4. The maximum atomic E-state index is 12.5. The van der Waals surface area contributed by atoms with E-state index in [4.69, 9.17) is 20.4 Å². The van der Waals surface area contributed by atoms with Gasteiger partial charge in [0.1, 0.15) is 11.3 Å². The highest BCUT2D eigenvalue weighted by Gasteiger charge is 2.35. The van der Waals surface area contributed by atoms with Gasteiger partial charge in [0, 0.05) is 55.2 Å². The Kier molecular flexibility index (Phi) is 6.97. The number of anilines is 1. The number of fused-ring (bicyclic) bond motifs is 2. The van der Waals surface area contributed by atoms with Gasteiger partial charge in [0.25, 0.3) is 0 Å². The van der Waals surface area contributed by atoms with Crippen LogP contribution in [0.4, 0.5) is 5.82 Å². The fourth-order valence-corrected chi connectivity index (χ4v) is 6.82. The monoisotopic (exact) mass is 603 g/mol. The van der Waals surface area contributed by atoms with Gasteiger partial charge in [-0.15, -0.1) is 5.10 Å². The standard InChI is InChI=1S/C34H37N9O2/c1-2-45-30-15-19-42(40-30)29-12-11-28-33(39-29)43(32(38-28)26-4-3-16-36-31(26)35)24-8-9-25-22(20-24)7-10-27(25)37-23-13-17-41(18-14-23)34(44)21-5-6-21/h3-4,8-9,11-12,15-16,19-21,23,27,37H,2,5-7,10,13-14,17-18H2,1H3,(H2,35,36). The second kappa shape index (κ2) is 11.3. The van der Waals surface area contributed by atoms with Crippen LogP contribution < -0.4 is 15.8 Å². The number of aryl methyl sites for hydroxylation is 1. The molecule has 8 rings (SSSR count). The number of rotatable bonds is 8. The number of nitrogen functional groups attached to an aromatic ring is 1. The molecule has 3 N–H and O–H groups in total. The second-order valence-electron chi connectivity index (χ2n) is 12.3. The minimum absolute atomic E-state index is 0.300. The summed E-state index contributed by atoms with van der Waals surface area (Å²) in [4.78, 5) is 29.0. The van der Waals surface area contributed by atoms with Crippen molar-refractivity contribution in [1.82, 2.24) is 39.5 Å². The van der Waals surface area contributed by atoms with Gasteiger partial charge in [0.15, 0.2) is 17.3 Å².